The zero-order chi connectivity index (χ0) is 21.3. The highest BCUT2D eigenvalue weighted by Crippen LogP contribution is 2.29. The largest absolute Gasteiger partial charge is 0.332 e. The fraction of sp³-hybridized carbons (Fsp3) is 0.130. The van der Waals surface area contributed by atoms with E-state index < -0.39 is 0 Å². The van der Waals surface area contributed by atoms with Crippen LogP contribution in [-0.4, -0.2) is 16.3 Å². The first-order valence-electron chi connectivity index (χ1n) is 9.49. The molecule has 0 aliphatic carbocycles. The SMILES string of the molecule is CCC(Sc1cccc(NC(=S)Nc2ccccc2)c1)C(=O)Nc1cccc(Cl)c1. The summed E-state index contributed by atoms with van der Waals surface area (Å²) in [6.07, 6.45) is 0.697. The van der Waals surface area contributed by atoms with Crippen LogP contribution in [0.15, 0.2) is 83.8 Å². The maximum atomic E-state index is 12.7. The van der Waals surface area contributed by atoms with Crippen molar-refractivity contribution in [2.75, 3.05) is 16.0 Å². The van der Waals surface area contributed by atoms with Gasteiger partial charge in [0.05, 0.1) is 5.25 Å². The molecule has 4 nitrogen and oxygen atoms in total. The lowest BCUT2D eigenvalue weighted by Crippen LogP contribution is -2.24. The van der Waals surface area contributed by atoms with Crippen molar-refractivity contribution in [3.05, 3.63) is 83.9 Å². The fourth-order valence-electron chi connectivity index (χ4n) is 2.74. The molecule has 7 heteroatoms. The van der Waals surface area contributed by atoms with E-state index in [4.69, 9.17) is 23.8 Å². The van der Waals surface area contributed by atoms with Gasteiger partial charge in [0, 0.05) is 27.0 Å². The quantitative estimate of drug-likeness (QED) is 0.275. The van der Waals surface area contributed by atoms with E-state index in [1.54, 1.807) is 12.1 Å². The first-order chi connectivity index (χ1) is 14.5. The minimum atomic E-state index is -0.228. The van der Waals surface area contributed by atoms with E-state index in [1.165, 1.54) is 11.8 Å². The van der Waals surface area contributed by atoms with E-state index in [-0.39, 0.29) is 11.2 Å². The number of para-hydroxylation sites is 1. The van der Waals surface area contributed by atoms with E-state index in [0.29, 0.717) is 22.2 Å². The third kappa shape index (κ3) is 6.76. The van der Waals surface area contributed by atoms with Gasteiger partial charge in [0.25, 0.3) is 0 Å². The molecule has 0 aromatic heterocycles. The molecule has 0 bridgehead atoms. The number of rotatable bonds is 7. The normalized spacial score (nSPS) is 11.4. The maximum absolute atomic E-state index is 12.7. The summed E-state index contributed by atoms with van der Waals surface area (Å²) in [6, 6.07) is 24.7. The fourth-order valence-corrected chi connectivity index (χ4v) is 4.18. The molecule has 0 aliphatic heterocycles. The van der Waals surface area contributed by atoms with Crippen molar-refractivity contribution in [3.63, 3.8) is 0 Å². The first kappa shape index (κ1) is 22.2. The second-order valence-corrected chi connectivity index (χ2v) is 8.61. The lowest BCUT2D eigenvalue weighted by molar-refractivity contribution is -0.115. The molecule has 1 unspecified atom stereocenters. The number of hydrogen-bond acceptors (Lipinski definition) is 3. The summed E-state index contributed by atoms with van der Waals surface area (Å²) >= 11 is 12.9. The summed E-state index contributed by atoms with van der Waals surface area (Å²) < 4.78 is 0. The van der Waals surface area contributed by atoms with Gasteiger partial charge in [0.2, 0.25) is 5.91 Å². The van der Waals surface area contributed by atoms with Crippen LogP contribution in [0.5, 0.6) is 0 Å². The Balaban J connectivity index is 1.61. The second-order valence-electron chi connectivity index (χ2n) is 6.49. The Hall–Kier alpha value is -2.54. The Labute approximate surface area is 191 Å². The predicted molar refractivity (Wildman–Crippen MR) is 133 cm³/mol. The number of thioether (sulfide) groups is 1. The standard InChI is InChI=1S/C23H22ClN3OS2/c1-2-21(22(28)25-18-11-6-8-16(24)14-18)30-20-13-7-12-19(15-20)27-23(29)26-17-9-4-3-5-10-17/h3-15,21H,2H2,1H3,(H,25,28)(H2,26,27,29). The van der Waals surface area contributed by atoms with Gasteiger partial charge in [-0.25, -0.2) is 0 Å². The molecule has 0 spiro atoms. The third-order valence-corrected chi connectivity index (χ3v) is 5.95. The number of thiocarbonyl (C=S) groups is 1. The number of hydrogen-bond donors (Lipinski definition) is 3. The highest BCUT2D eigenvalue weighted by molar-refractivity contribution is 8.00. The van der Waals surface area contributed by atoms with Crippen molar-refractivity contribution in [2.24, 2.45) is 0 Å². The molecule has 3 aromatic rings. The molecule has 0 aliphatic rings. The van der Waals surface area contributed by atoms with Crippen molar-refractivity contribution in [2.45, 2.75) is 23.5 Å². The van der Waals surface area contributed by atoms with Crippen molar-refractivity contribution < 1.29 is 4.79 Å². The van der Waals surface area contributed by atoms with Gasteiger partial charge >= 0.3 is 0 Å². The average Bonchev–Trinajstić information content (AvgIpc) is 2.73. The lowest BCUT2D eigenvalue weighted by Gasteiger charge is -2.16. The molecule has 3 aromatic carbocycles. The summed E-state index contributed by atoms with van der Waals surface area (Å²) in [7, 11) is 0. The summed E-state index contributed by atoms with van der Waals surface area (Å²) in [6.45, 7) is 2.00. The topological polar surface area (TPSA) is 53.2 Å². The van der Waals surface area contributed by atoms with Gasteiger partial charge in [-0.2, -0.15) is 0 Å². The molecule has 0 radical (unpaired) electrons. The Morgan fingerprint density at radius 2 is 1.53 bits per heavy atom. The summed E-state index contributed by atoms with van der Waals surface area (Å²) in [5, 5.41) is 10.1. The Morgan fingerprint density at radius 1 is 0.900 bits per heavy atom. The summed E-state index contributed by atoms with van der Waals surface area (Å²) in [5.41, 5.74) is 2.47. The molecule has 0 heterocycles. The van der Waals surface area contributed by atoms with Gasteiger partial charge in [0.1, 0.15) is 0 Å². The highest BCUT2D eigenvalue weighted by atomic mass is 35.5. The molecule has 3 N–H and O–H groups in total. The highest BCUT2D eigenvalue weighted by Gasteiger charge is 2.18. The number of amides is 1. The number of halogens is 1. The van der Waals surface area contributed by atoms with Gasteiger partial charge in [-0.05, 0) is 67.2 Å². The molecule has 3 rings (SSSR count). The van der Waals surface area contributed by atoms with Crippen molar-refractivity contribution in [3.8, 4) is 0 Å². The lowest BCUT2D eigenvalue weighted by atomic mass is 10.2. The molecule has 1 amide bonds. The Morgan fingerprint density at radius 3 is 2.23 bits per heavy atom. The van der Waals surface area contributed by atoms with Crippen LogP contribution >= 0.6 is 35.6 Å². The zero-order valence-electron chi connectivity index (χ0n) is 16.4. The van der Waals surface area contributed by atoms with Gasteiger partial charge in [-0.3, -0.25) is 4.79 Å². The van der Waals surface area contributed by atoms with Crippen molar-refractivity contribution in [1.29, 1.82) is 0 Å². The molecule has 0 saturated carbocycles. The number of carbonyl (C=O) groups excluding carboxylic acids is 1. The van der Waals surface area contributed by atoms with Gasteiger partial charge in [-0.1, -0.05) is 48.9 Å². The molecule has 0 saturated heterocycles. The molecule has 0 fully saturated rings. The minimum absolute atomic E-state index is 0.0515. The Kier molecular flexibility index (Phi) is 8.13. The Bertz CT molecular complexity index is 1010. The van der Waals surface area contributed by atoms with Gasteiger partial charge in [0.15, 0.2) is 5.11 Å². The van der Waals surface area contributed by atoms with Crippen LogP contribution < -0.4 is 16.0 Å². The van der Waals surface area contributed by atoms with E-state index in [2.05, 4.69) is 16.0 Å². The van der Waals surface area contributed by atoms with Crippen molar-refractivity contribution >= 4 is 63.7 Å². The maximum Gasteiger partial charge on any atom is 0.237 e. The number of anilines is 3. The van der Waals surface area contributed by atoms with Gasteiger partial charge in [-0.15, -0.1) is 11.8 Å². The van der Waals surface area contributed by atoms with Gasteiger partial charge < -0.3 is 16.0 Å². The van der Waals surface area contributed by atoms with Crippen LogP contribution in [0.4, 0.5) is 17.1 Å². The van der Waals surface area contributed by atoms with Crippen LogP contribution in [0.25, 0.3) is 0 Å². The van der Waals surface area contributed by atoms with Crippen LogP contribution in [-0.2, 0) is 4.79 Å². The number of carbonyl (C=O) groups is 1. The zero-order valence-corrected chi connectivity index (χ0v) is 18.8. The molecular formula is C23H22ClN3OS2. The van der Waals surface area contributed by atoms with E-state index in [9.17, 15) is 4.79 Å². The second kappa shape index (κ2) is 11.0. The average molecular weight is 456 g/mol. The van der Waals surface area contributed by atoms with E-state index >= 15 is 0 Å². The monoisotopic (exact) mass is 455 g/mol. The molecular weight excluding hydrogens is 434 g/mol. The molecule has 154 valence electrons. The van der Waals surface area contributed by atoms with Crippen molar-refractivity contribution in [1.82, 2.24) is 0 Å². The summed E-state index contributed by atoms with van der Waals surface area (Å²) in [5.74, 6) is -0.0515. The van der Waals surface area contributed by atoms with Crippen LogP contribution in [0, 0.1) is 0 Å². The van der Waals surface area contributed by atoms with Crippen LogP contribution in [0.1, 0.15) is 13.3 Å². The summed E-state index contributed by atoms with van der Waals surface area (Å²) in [4.78, 5) is 13.7. The van der Waals surface area contributed by atoms with Crippen LogP contribution in [0.2, 0.25) is 5.02 Å². The third-order valence-electron chi connectivity index (χ3n) is 4.16. The molecule has 1 atom stereocenters. The first-order valence-corrected chi connectivity index (χ1v) is 11.2. The molecule has 30 heavy (non-hydrogen) atoms. The van der Waals surface area contributed by atoms with Crippen LogP contribution in [0.3, 0.4) is 0 Å². The smallest absolute Gasteiger partial charge is 0.237 e. The predicted octanol–water partition coefficient (Wildman–Crippen LogP) is 6.66. The number of nitrogens with one attached hydrogen (secondary N) is 3. The van der Waals surface area contributed by atoms with E-state index in [1.807, 2.05) is 73.7 Å². The van der Waals surface area contributed by atoms with E-state index in [0.717, 1.165) is 16.3 Å². The number of benzene rings is 3. The minimum Gasteiger partial charge on any atom is -0.332 e.